The summed E-state index contributed by atoms with van der Waals surface area (Å²) in [6, 6.07) is 6.54. The van der Waals surface area contributed by atoms with Gasteiger partial charge < -0.3 is 5.32 Å². The highest BCUT2D eigenvalue weighted by Crippen LogP contribution is 2.47. The molecule has 4 rings (SSSR count). The summed E-state index contributed by atoms with van der Waals surface area (Å²) in [4.78, 5) is 12.7. The van der Waals surface area contributed by atoms with Gasteiger partial charge in [0.25, 0.3) is 0 Å². The predicted octanol–water partition coefficient (Wildman–Crippen LogP) is 4.62. The summed E-state index contributed by atoms with van der Waals surface area (Å²) in [5.41, 5.74) is 3.24. The Kier molecular flexibility index (Phi) is 6.14. The summed E-state index contributed by atoms with van der Waals surface area (Å²) in [6.45, 7) is 1.60. The highest BCUT2D eigenvalue weighted by atomic mass is 127. The molecule has 1 aromatic carbocycles. The van der Waals surface area contributed by atoms with Gasteiger partial charge >= 0.3 is 6.03 Å². The van der Waals surface area contributed by atoms with Crippen molar-refractivity contribution in [1.29, 1.82) is 0 Å². The molecule has 154 valence electrons. The zero-order chi connectivity index (χ0) is 20.8. The van der Waals surface area contributed by atoms with Crippen molar-refractivity contribution in [3.63, 3.8) is 0 Å². The van der Waals surface area contributed by atoms with E-state index in [0.29, 0.717) is 9.49 Å². The van der Waals surface area contributed by atoms with Gasteiger partial charge in [0.1, 0.15) is 5.25 Å². The molecule has 3 aliphatic rings. The van der Waals surface area contributed by atoms with Crippen molar-refractivity contribution in [2.45, 2.75) is 35.0 Å². The molecule has 2 amide bonds. The van der Waals surface area contributed by atoms with E-state index in [0.717, 1.165) is 16.4 Å². The number of sulfonamides is 1. The SMILES string of the molecule is CC(c1ccccc1I)S(=O)(=O)NC(=O)NC1C2C=CC=C2C=C2C(I)CCC21. The van der Waals surface area contributed by atoms with Gasteiger partial charge in [0.05, 0.1) is 0 Å². The fourth-order valence-electron chi connectivity index (χ4n) is 4.46. The molecule has 0 spiro atoms. The van der Waals surface area contributed by atoms with Crippen molar-refractivity contribution in [3.8, 4) is 0 Å². The number of fused-ring (bicyclic) bond motifs is 2. The minimum Gasteiger partial charge on any atom is -0.333 e. The fourth-order valence-corrected chi connectivity index (χ4v) is 7.56. The monoisotopic (exact) mass is 636 g/mol. The summed E-state index contributed by atoms with van der Waals surface area (Å²) in [5.74, 6) is 0.356. The summed E-state index contributed by atoms with van der Waals surface area (Å²) in [7, 11) is -3.86. The van der Waals surface area contributed by atoms with Crippen LogP contribution in [0.15, 0.2) is 59.7 Å². The Morgan fingerprint density at radius 1 is 1.24 bits per heavy atom. The summed E-state index contributed by atoms with van der Waals surface area (Å²) < 4.78 is 29.2. The molecule has 0 heterocycles. The van der Waals surface area contributed by atoms with Crippen molar-refractivity contribution >= 4 is 61.2 Å². The number of carbonyl (C=O) groups excluding carboxylic acids is 1. The van der Waals surface area contributed by atoms with Crippen LogP contribution in [0.3, 0.4) is 0 Å². The van der Waals surface area contributed by atoms with Crippen LogP contribution in [-0.4, -0.2) is 24.4 Å². The van der Waals surface area contributed by atoms with Crippen LogP contribution in [0.5, 0.6) is 0 Å². The second kappa shape index (κ2) is 8.33. The Bertz CT molecular complexity index is 1030. The van der Waals surface area contributed by atoms with E-state index in [2.05, 4.69) is 73.4 Å². The molecular formula is C21H22I2N2O3S. The van der Waals surface area contributed by atoms with E-state index in [1.165, 1.54) is 11.1 Å². The number of alkyl halides is 1. The van der Waals surface area contributed by atoms with Crippen LogP contribution in [0.25, 0.3) is 0 Å². The lowest BCUT2D eigenvalue weighted by molar-refractivity contribution is 0.233. The first-order chi connectivity index (χ1) is 13.8. The lowest BCUT2D eigenvalue weighted by atomic mass is 9.76. The lowest BCUT2D eigenvalue weighted by Gasteiger charge is -2.35. The van der Waals surface area contributed by atoms with Gasteiger partial charge in [0.15, 0.2) is 0 Å². The molecule has 0 aliphatic heterocycles. The number of hydrogen-bond donors (Lipinski definition) is 2. The topological polar surface area (TPSA) is 75.3 Å². The number of urea groups is 1. The van der Waals surface area contributed by atoms with E-state index in [1.54, 1.807) is 19.1 Å². The summed E-state index contributed by atoms with van der Waals surface area (Å²) in [6.07, 6.45) is 10.6. The Labute approximate surface area is 198 Å². The molecule has 0 saturated heterocycles. The molecule has 0 aromatic heterocycles. The Hall–Kier alpha value is -0.880. The molecule has 0 radical (unpaired) electrons. The molecule has 2 N–H and O–H groups in total. The lowest BCUT2D eigenvalue weighted by Crippen LogP contribution is -2.51. The Morgan fingerprint density at radius 3 is 2.76 bits per heavy atom. The molecule has 29 heavy (non-hydrogen) atoms. The third-order valence-corrected chi connectivity index (χ3v) is 9.99. The molecule has 1 aromatic rings. The zero-order valence-corrected chi connectivity index (χ0v) is 20.9. The second-order valence-electron chi connectivity index (χ2n) is 7.68. The first kappa shape index (κ1) is 21.4. The molecule has 5 atom stereocenters. The van der Waals surface area contributed by atoms with Crippen LogP contribution in [0.1, 0.15) is 30.6 Å². The van der Waals surface area contributed by atoms with Crippen LogP contribution in [-0.2, 0) is 10.0 Å². The van der Waals surface area contributed by atoms with E-state index >= 15 is 0 Å². The summed E-state index contributed by atoms with van der Waals surface area (Å²) >= 11 is 4.58. The van der Waals surface area contributed by atoms with Gasteiger partial charge in [-0.3, -0.25) is 0 Å². The molecule has 5 unspecified atom stereocenters. The number of nitrogens with one attached hydrogen (secondary N) is 2. The number of halogens is 2. The fraction of sp³-hybridized carbons (Fsp3) is 0.381. The van der Waals surface area contributed by atoms with Crippen LogP contribution in [0.2, 0.25) is 0 Å². The molecule has 1 fully saturated rings. The normalized spacial score (nSPS) is 28.8. The number of hydrogen-bond acceptors (Lipinski definition) is 3. The van der Waals surface area contributed by atoms with Crippen molar-refractivity contribution < 1.29 is 13.2 Å². The quantitative estimate of drug-likeness (QED) is 0.375. The first-order valence-corrected chi connectivity index (χ1v) is 13.5. The second-order valence-corrected chi connectivity index (χ2v) is 12.4. The number of amides is 2. The van der Waals surface area contributed by atoms with Crippen LogP contribution in [0.4, 0.5) is 4.79 Å². The van der Waals surface area contributed by atoms with E-state index in [-0.39, 0.29) is 17.9 Å². The van der Waals surface area contributed by atoms with Gasteiger partial charge in [-0.05, 0) is 59.6 Å². The van der Waals surface area contributed by atoms with Crippen molar-refractivity contribution in [1.82, 2.24) is 10.0 Å². The van der Waals surface area contributed by atoms with Crippen LogP contribution >= 0.6 is 45.2 Å². The average molecular weight is 636 g/mol. The Morgan fingerprint density at radius 2 is 2.00 bits per heavy atom. The standard InChI is InChI=1S/C21H22I2N2O3S/c1-12(14-6-2-3-8-18(14)22)29(27,28)25-21(26)24-20-15-7-4-5-13(15)11-17-16(20)9-10-19(17)23/h2-8,11-12,15-16,19-20H,9-10H2,1H3,(H2,24,25,26). The minimum absolute atomic E-state index is 0.103. The third kappa shape index (κ3) is 4.16. The summed E-state index contributed by atoms with van der Waals surface area (Å²) in [5, 5.41) is 2.17. The van der Waals surface area contributed by atoms with E-state index in [4.69, 9.17) is 0 Å². The molecule has 0 bridgehead atoms. The van der Waals surface area contributed by atoms with Gasteiger partial charge in [-0.15, -0.1) is 0 Å². The largest absolute Gasteiger partial charge is 0.333 e. The number of allylic oxidation sites excluding steroid dienone is 3. The van der Waals surface area contributed by atoms with Crippen molar-refractivity contribution in [3.05, 3.63) is 68.8 Å². The van der Waals surface area contributed by atoms with Crippen molar-refractivity contribution in [2.75, 3.05) is 0 Å². The van der Waals surface area contributed by atoms with E-state index in [9.17, 15) is 13.2 Å². The third-order valence-electron chi connectivity index (χ3n) is 6.01. The molecule has 1 saturated carbocycles. The maximum absolute atomic E-state index is 12.8. The Balaban J connectivity index is 1.51. The van der Waals surface area contributed by atoms with Gasteiger partial charge in [-0.1, -0.05) is 70.7 Å². The average Bonchev–Trinajstić information content (AvgIpc) is 3.28. The van der Waals surface area contributed by atoms with Crippen LogP contribution in [0, 0.1) is 15.4 Å². The van der Waals surface area contributed by atoms with Gasteiger partial charge in [0, 0.05) is 25.4 Å². The van der Waals surface area contributed by atoms with Gasteiger partial charge in [0.2, 0.25) is 10.0 Å². The minimum atomic E-state index is -3.86. The number of benzene rings is 1. The molecule has 5 nitrogen and oxygen atoms in total. The van der Waals surface area contributed by atoms with E-state index < -0.39 is 21.3 Å². The smallest absolute Gasteiger partial charge is 0.328 e. The highest BCUT2D eigenvalue weighted by Gasteiger charge is 2.43. The van der Waals surface area contributed by atoms with Gasteiger partial charge in [-0.2, -0.15) is 0 Å². The zero-order valence-electron chi connectivity index (χ0n) is 15.8. The van der Waals surface area contributed by atoms with E-state index in [1.807, 2.05) is 18.2 Å². The maximum atomic E-state index is 12.8. The molecule has 8 heteroatoms. The van der Waals surface area contributed by atoms with Crippen molar-refractivity contribution in [2.24, 2.45) is 11.8 Å². The van der Waals surface area contributed by atoms with Gasteiger partial charge in [-0.25, -0.2) is 17.9 Å². The first-order valence-electron chi connectivity index (χ1n) is 9.58. The molecule has 3 aliphatic carbocycles. The number of rotatable bonds is 4. The molecular weight excluding hydrogens is 614 g/mol. The number of carbonyl (C=O) groups is 1. The highest BCUT2D eigenvalue weighted by molar-refractivity contribution is 14.1. The predicted molar refractivity (Wildman–Crippen MR) is 131 cm³/mol. The van der Waals surface area contributed by atoms with Crippen LogP contribution < -0.4 is 10.0 Å². The maximum Gasteiger partial charge on any atom is 0.328 e.